The molecule has 0 bridgehead atoms. The predicted octanol–water partition coefficient (Wildman–Crippen LogP) is 4.85. The molecule has 34 heavy (non-hydrogen) atoms. The highest BCUT2D eigenvalue weighted by atomic mass is 35.5. The second-order valence-electron chi connectivity index (χ2n) is 6.82. The van der Waals surface area contributed by atoms with Crippen molar-refractivity contribution in [2.45, 2.75) is 4.90 Å². The van der Waals surface area contributed by atoms with Gasteiger partial charge >= 0.3 is 5.97 Å². The molecular weight excluding hydrogens is 505 g/mol. The normalized spacial score (nSPS) is 10.9. The maximum atomic E-state index is 12.7. The number of ketones is 1. The molecule has 0 fully saturated rings. The number of carbonyl (C=O) groups is 2. The van der Waals surface area contributed by atoms with Gasteiger partial charge in [0, 0.05) is 10.7 Å². The summed E-state index contributed by atoms with van der Waals surface area (Å²) in [5, 5.41) is 0.405. The van der Waals surface area contributed by atoms with Crippen LogP contribution >= 0.6 is 23.2 Å². The summed E-state index contributed by atoms with van der Waals surface area (Å²) in [5.74, 6) is -0.817. The lowest BCUT2D eigenvalue weighted by molar-refractivity contribution is 0.0474. The molecule has 0 amide bonds. The number of esters is 1. The van der Waals surface area contributed by atoms with E-state index in [0.29, 0.717) is 10.8 Å². The lowest BCUT2D eigenvalue weighted by Crippen LogP contribution is -2.17. The van der Waals surface area contributed by atoms with Crippen LogP contribution in [-0.4, -0.2) is 41.0 Å². The number of hydrogen-bond donors (Lipinski definition) is 1. The molecule has 178 valence electrons. The van der Waals surface area contributed by atoms with Gasteiger partial charge in [0.25, 0.3) is 10.0 Å². The molecule has 3 rings (SSSR count). The lowest BCUT2D eigenvalue weighted by atomic mass is 10.1. The van der Waals surface area contributed by atoms with E-state index < -0.39 is 28.4 Å². The number of methoxy groups -OCH3 is 2. The van der Waals surface area contributed by atoms with E-state index in [4.69, 9.17) is 37.4 Å². The first-order valence-electron chi connectivity index (χ1n) is 9.65. The molecule has 0 radical (unpaired) electrons. The van der Waals surface area contributed by atoms with Crippen molar-refractivity contribution in [3.05, 3.63) is 81.8 Å². The van der Waals surface area contributed by atoms with Crippen LogP contribution in [0.4, 0.5) is 5.69 Å². The first-order chi connectivity index (χ1) is 16.1. The number of Topliss-reactive ketones (excluding diaryl/α,β-unsaturated/α-hetero) is 1. The van der Waals surface area contributed by atoms with Gasteiger partial charge in [-0.25, -0.2) is 13.2 Å². The van der Waals surface area contributed by atoms with Crippen molar-refractivity contribution >= 4 is 50.7 Å². The van der Waals surface area contributed by atoms with Crippen molar-refractivity contribution < 1.29 is 32.2 Å². The van der Waals surface area contributed by atoms with E-state index in [1.165, 1.54) is 56.7 Å². The zero-order valence-electron chi connectivity index (χ0n) is 18.0. The number of halogens is 2. The van der Waals surface area contributed by atoms with Crippen molar-refractivity contribution in [3.63, 3.8) is 0 Å². The molecule has 11 heteroatoms. The fourth-order valence-electron chi connectivity index (χ4n) is 2.88. The molecule has 0 atom stereocenters. The summed E-state index contributed by atoms with van der Waals surface area (Å²) >= 11 is 11.9. The Morgan fingerprint density at radius 2 is 1.59 bits per heavy atom. The highest BCUT2D eigenvalue weighted by molar-refractivity contribution is 7.92. The Labute approximate surface area is 206 Å². The van der Waals surface area contributed by atoms with Gasteiger partial charge in [-0.1, -0.05) is 23.2 Å². The summed E-state index contributed by atoms with van der Waals surface area (Å²) in [6.07, 6.45) is 0. The molecule has 0 aliphatic rings. The molecule has 1 N–H and O–H groups in total. The largest absolute Gasteiger partial charge is 0.497 e. The number of hydrogen-bond acceptors (Lipinski definition) is 7. The standard InChI is InChI=1S/C23H19Cl2NO7S/c1-31-16-7-10-22(32-2)19(11-16)21(27)13-33-23(28)18-12-17(8-9-20(18)25)34(29,30)26-15-5-3-14(24)4-6-15/h3-12,26H,13H2,1-2H3. The van der Waals surface area contributed by atoms with Gasteiger partial charge in [-0.05, 0) is 60.7 Å². The molecule has 3 aromatic rings. The van der Waals surface area contributed by atoms with E-state index in [-0.39, 0.29) is 32.5 Å². The van der Waals surface area contributed by atoms with Gasteiger partial charge in [-0.3, -0.25) is 9.52 Å². The van der Waals surface area contributed by atoms with E-state index >= 15 is 0 Å². The minimum atomic E-state index is -4.05. The third-order valence-corrected chi connectivity index (χ3v) is 6.57. The summed E-state index contributed by atoms with van der Waals surface area (Å²) in [7, 11) is -1.20. The minimum absolute atomic E-state index is 0.0400. The topological polar surface area (TPSA) is 108 Å². The smallest absolute Gasteiger partial charge is 0.340 e. The molecule has 8 nitrogen and oxygen atoms in total. The second kappa shape index (κ2) is 10.8. The third-order valence-electron chi connectivity index (χ3n) is 4.61. The number of sulfonamides is 1. The van der Waals surface area contributed by atoms with Gasteiger partial charge in [-0.15, -0.1) is 0 Å². The van der Waals surface area contributed by atoms with Crippen LogP contribution in [0.2, 0.25) is 10.0 Å². The van der Waals surface area contributed by atoms with Gasteiger partial charge in [-0.2, -0.15) is 0 Å². The van der Waals surface area contributed by atoms with Crippen LogP contribution in [0.15, 0.2) is 65.6 Å². The van der Waals surface area contributed by atoms with Crippen LogP contribution in [0.3, 0.4) is 0 Å². The van der Waals surface area contributed by atoms with Crippen molar-refractivity contribution in [1.82, 2.24) is 0 Å². The van der Waals surface area contributed by atoms with E-state index in [2.05, 4.69) is 4.72 Å². The SMILES string of the molecule is COc1ccc(OC)c(C(=O)COC(=O)c2cc(S(=O)(=O)Nc3ccc(Cl)cc3)ccc2Cl)c1. The van der Waals surface area contributed by atoms with Crippen LogP contribution in [0.1, 0.15) is 20.7 Å². The van der Waals surface area contributed by atoms with Crippen LogP contribution in [0.25, 0.3) is 0 Å². The zero-order chi connectivity index (χ0) is 24.9. The van der Waals surface area contributed by atoms with Gasteiger partial charge in [0.15, 0.2) is 6.61 Å². The first-order valence-corrected chi connectivity index (χ1v) is 11.9. The number of rotatable bonds is 9. The molecule has 0 unspecified atom stereocenters. The Hall–Kier alpha value is -3.27. The Kier molecular flexibility index (Phi) is 8.03. The zero-order valence-corrected chi connectivity index (χ0v) is 20.3. The number of nitrogens with one attached hydrogen (secondary N) is 1. The van der Waals surface area contributed by atoms with E-state index in [1.54, 1.807) is 12.1 Å². The highest BCUT2D eigenvalue weighted by Crippen LogP contribution is 2.26. The summed E-state index contributed by atoms with van der Waals surface area (Å²) in [5.41, 5.74) is 0.219. The first kappa shape index (κ1) is 25.4. The summed E-state index contributed by atoms with van der Waals surface area (Å²) < 4.78 is 43.2. The predicted molar refractivity (Wildman–Crippen MR) is 128 cm³/mol. The molecule has 0 heterocycles. The number of ether oxygens (including phenoxy) is 3. The molecular formula is C23H19Cl2NO7S. The summed E-state index contributed by atoms with van der Waals surface area (Å²) in [6, 6.07) is 14.2. The van der Waals surface area contributed by atoms with Crippen LogP contribution < -0.4 is 14.2 Å². The molecule has 0 aromatic heterocycles. The van der Waals surface area contributed by atoms with Gasteiger partial charge < -0.3 is 14.2 Å². The van der Waals surface area contributed by atoms with E-state index in [1.807, 2.05) is 0 Å². The molecule has 0 aliphatic heterocycles. The third kappa shape index (κ3) is 5.99. The average molecular weight is 524 g/mol. The van der Waals surface area contributed by atoms with Crippen molar-refractivity contribution in [2.75, 3.05) is 25.5 Å². The Morgan fingerprint density at radius 3 is 2.24 bits per heavy atom. The summed E-state index contributed by atoms with van der Waals surface area (Å²) in [6.45, 7) is -0.626. The Bertz CT molecular complexity index is 1330. The average Bonchev–Trinajstić information content (AvgIpc) is 2.83. The van der Waals surface area contributed by atoms with Crippen molar-refractivity contribution in [2.24, 2.45) is 0 Å². The Morgan fingerprint density at radius 1 is 0.882 bits per heavy atom. The van der Waals surface area contributed by atoms with E-state index in [9.17, 15) is 18.0 Å². The molecule has 3 aromatic carbocycles. The molecule has 0 aliphatic carbocycles. The second-order valence-corrected chi connectivity index (χ2v) is 9.35. The maximum Gasteiger partial charge on any atom is 0.340 e. The fraction of sp³-hybridized carbons (Fsp3) is 0.130. The molecule has 0 saturated carbocycles. The Balaban J connectivity index is 1.77. The molecule has 0 spiro atoms. The number of carbonyl (C=O) groups excluding carboxylic acids is 2. The van der Waals surface area contributed by atoms with E-state index in [0.717, 1.165) is 6.07 Å². The van der Waals surface area contributed by atoms with Crippen molar-refractivity contribution in [1.29, 1.82) is 0 Å². The number of anilines is 1. The van der Waals surface area contributed by atoms with Gasteiger partial charge in [0.1, 0.15) is 11.5 Å². The van der Waals surface area contributed by atoms with Gasteiger partial charge in [0.05, 0.1) is 35.3 Å². The van der Waals surface area contributed by atoms with Gasteiger partial charge in [0.2, 0.25) is 5.78 Å². The maximum absolute atomic E-state index is 12.7. The van der Waals surface area contributed by atoms with Crippen LogP contribution in [-0.2, 0) is 14.8 Å². The monoisotopic (exact) mass is 523 g/mol. The van der Waals surface area contributed by atoms with Crippen LogP contribution in [0.5, 0.6) is 11.5 Å². The highest BCUT2D eigenvalue weighted by Gasteiger charge is 2.22. The van der Waals surface area contributed by atoms with Crippen LogP contribution in [0, 0.1) is 0 Å². The summed E-state index contributed by atoms with van der Waals surface area (Å²) in [4.78, 5) is 25.0. The lowest BCUT2D eigenvalue weighted by Gasteiger charge is -2.12. The van der Waals surface area contributed by atoms with Crippen molar-refractivity contribution in [3.8, 4) is 11.5 Å². The molecule has 0 saturated heterocycles. The minimum Gasteiger partial charge on any atom is -0.497 e. The number of benzene rings is 3. The quantitative estimate of drug-likeness (QED) is 0.315. The fourth-order valence-corrected chi connectivity index (χ4v) is 4.28.